The van der Waals surface area contributed by atoms with E-state index in [0.29, 0.717) is 5.95 Å². The van der Waals surface area contributed by atoms with Crippen molar-refractivity contribution in [3.63, 3.8) is 0 Å². The van der Waals surface area contributed by atoms with E-state index in [2.05, 4.69) is 36.1 Å². The summed E-state index contributed by atoms with van der Waals surface area (Å²) in [6.07, 6.45) is 1.75. The molecule has 3 rings (SSSR count). The first-order valence-corrected chi connectivity index (χ1v) is 8.28. The van der Waals surface area contributed by atoms with Gasteiger partial charge in [0.2, 0.25) is 11.9 Å². The van der Waals surface area contributed by atoms with Crippen LogP contribution in [-0.4, -0.2) is 47.0 Å². The molecule has 1 N–H and O–H groups in total. The number of aromatic nitrogens is 2. The molecule has 1 aliphatic heterocycles. The summed E-state index contributed by atoms with van der Waals surface area (Å²) in [5.41, 5.74) is 0.922. The Hall–Kier alpha value is -2.15. The van der Waals surface area contributed by atoms with Gasteiger partial charge in [-0.2, -0.15) is 4.98 Å². The number of benzene rings is 1. The van der Waals surface area contributed by atoms with Crippen LogP contribution in [0, 0.1) is 0 Å². The van der Waals surface area contributed by atoms with E-state index in [-0.39, 0.29) is 5.91 Å². The molecule has 1 aromatic heterocycles. The molecular weight excluding hydrogens is 358 g/mol. The van der Waals surface area contributed by atoms with Crippen molar-refractivity contribution in [1.29, 1.82) is 0 Å². The molecule has 6 nitrogen and oxygen atoms in total. The molecular formula is C16H18BrN5O. The van der Waals surface area contributed by atoms with Crippen molar-refractivity contribution in [2.75, 3.05) is 36.4 Å². The second-order valence-electron chi connectivity index (χ2n) is 5.34. The van der Waals surface area contributed by atoms with E-state index in [9.17, 15) is 4.79 Å². The molecule has 2 aromatic rings. The van der Waals surface area contributed by atoms with Crippen LogP contribution in [0.25, 0.3) is 0 Å². The lowest BCUT2D eigenvalue weighted by molar-refractivity contribution is -0.129. The number of nitrogens with one attached hydrogen (secondary N) is 1. The fourth-order valence-corrected chi connectivity index (χ4v) is 2.90. The predicted molar refractivity (Wildman–Crippen MR) is 93.9 cm³/mol. The molecule has 1 aliphatic rings. The quantitative estimate of drug-likeness (QED) is 0.893. The minimum Gasteiger partial charge on any atom is -0.353 e. The van der Waals surface area contributed by atoms with Gasteiger partial charge in [0.1, 0.15) is 5.82 Å². The Morgan fingerprint density at radius 2 is 1.91 bits per heavy atom. The molecule has 0 aliphatic carbocycles. The number of nitrogens with zero attached hydrogens (tertiary/aromatic N) is 4. The van der Waals surface area contributed by atoms with Crippen LogP contribution in [0.5, 0.6) is 0 Å². The van der Waals surface area contributed by atoms with E-state index in [1.807, 2.05) is 35.2 Å². The van der Waals surface area contributed by atoms with Crippen molar-refractivity contribution < 1.29 is 4.79 Å². The number of rotatable bonds is 3. The summed E-state index contributed by atoms with van der Waals surface area (Å²) < 4.78 is 0.962. The van der Waals surface area contributed by atoms with Gasteiger partial charge in [0.25, 0.3) is 0 Å². The molecule has 2 heterocycles. The van der Waals surface area contributed by atoms with Crippen LogP contribution in [0.15, 0.2) is 41.0 Å². The number of piperazine rings is 1. The van der Waals surface area contributed by atoms with Gasteiger partial charge >= 0.3 is 0 Å². The summed E-state index contributed by atoms with van der Waals surface area (Å²) in [6.45, 7) is 4.63. The Morgan fingerprint density at radius 3 is 2.61 bits per heavy atom. The molecule has 1 aromatic carbocycles. The first-order valence-electron chi connectivity index (χ1n) is 7.48. The van der Waals surface area contributed by atoms with Gasteiger partial charge in [-0.05, 0) is 34.1 Å². The molecule has 1 fully saturated rings. The van der Waals surface area contributed by atoms with Crippen LogP contribution in [0.3, 0.4) is 0 Å². The van der Waals surface area contributed by atoms with Gasteiger partial charge in [-0.15, -0.1) is 0 Å². The summed E-state index contributed by atoms with van der Waals surface area (Å²) in [7, 11) is 0. The molecule has 7 heteroatoms. The molecule has 120 valence electrons. The predicted octanol–water partition coefficient (Wildman–Crippen LogP) is 2.65. The highest BCUT2D eigenvalue weighted by molar-refractivity contribution is 9.10. The largest absolute Gasteiger partial charge is 0.353 e. The van der Waals surface area contributed by atoms with E-state index in [1.54, 1.807) is 13.1 Å². The summed E-state index contributed by atoms with van der Waals surface area (Å²) in [5.74, 6) is 1.56. The number of carbonyl (C=O) groups excluding carboxylic acids is 1. The molecule has 23 heavy (non-hydrogen) atoms. The van der Waals surface area contributed by atoms with E-state index in [0.717, 1.165) is 42.2 Å². The minimum atomic E-state index is 0.128. The summed E-state index contributed by atoms with van der Waals surface area (Å²) in [5, 5.41) is 3.22. The normalized spacial score (nSPS) is 14.7. The Balaban J connectivity index is 1.71. The molecule has 0 saturated carbocycles. The Morgan fingerprint density at radius 1 is 1.17 bits per heavy atom. The number of hydrogen-bond acceptors (Lipinski definition) is 5. The van der Waals surface area contributed by atoms with Gasteiger partial charge in [-0.25, -0.2) is 4.98 Å². The smallest absolute Gasteiger partial charge is 0.229 e. The monoisotopic (exact) mass is 375 g/mol. The van der Waals surface area contributed by atoms with Gasteiger partial charge in [0.15, 0.2) is 0 Å². The highest BCUT2D eigenvalue weighted by Crippen LogP contribution is 2.24. The SMILES string of the molecule is CC(=O)N1CCN(c2ccnc(Nc3ccccc3Br)n2)CC1. The van der Waals surface area contributed by atoms with Gasteiger partial charge in [0, 0.05) is 43.8 Å². The number of anilines is 3. The maximum Gasteiger partial charge on any atom is 0.229 e. The third-order valence-electron chi connectivity index (χ3n) is 3.81. The fraction of sp³-hybridized carbons (Fsp3) is 0.312. The first kappa shape index (κ1) is 15.7. The molecule has 0 atom stereocenters. The van der Waals surface area contributed by atoms with Crippen LogP contribution >= 0.6 is 15.9 Å². The molecule has 0 spiro atoms. The molecule has 0 bridgehead atoms. The average Bonchev–Trinajstić information content (AvgIpc) is 2.57. The van der Waals surface area contributed by atoms with Crippen molar-refractivity contribution in [2.24, 2.45) is 0 Å². The number of halogens is 1. The van der Waals surface area contributed by atoms with Crippen molar-refractivity contribution >= 4 is 39.3 Å². The van der Waals surface area contributed by atoms with Crippen molar-refractivity contribution in [3.05, 3.63) is 41.0 Å². The maximum absolute atomic E-state index is 11.4. The zero-order valence-corrected chi connectivity index (χ0v) is 14.5. The second-order valence-corrected chi connectivity index (χ2v) is 6.19. The zero-order valence-electron chi connectivity index (χ0n) is 12.9. The van der Waals surface area contributed by atoms with Gasteiger partial charge in [0.05, 0.1) is 5.69 Å². The number of carbonyl (C=O) groups is 1. The van der Waals surface area contributed by atoms with E-state index in [4.69, 9.17) is 0 Å². The molecule has 1 amide bonds. The van der Waals surface area contributed by atoms with Gasteiger partial charge < -0.3 is 15.1 Å². The van der Waals surface area contributed by atoms with Crippen molar-refractivity contribution in [1.82, 2.24) is 14.9 Å². The van der Waals surface area contributed by atoms with E-state index in [1.165, 1.54) is 0 Å². The number of hydrogen-bond donors (Lipinski definition) is 1. The summed E-state index contributed by atoms with van der Waals surface area (Å²) in [6, 6.07) is 9.74. The lowest BCUT2D eigenvalue weighted by atomic mass is 10.3. The fourth-order valence-electron chi connectivity index (χ4n) is 2.52. The molecule has 0 unspecified atom stereocenters. The lowest BCUT2D eigenvalue weighted by Crippen LogP contribution is -2.48. The summed E-state index contributed by atoms with van der Waals surface area (Å²) in [4.78, 5) is 24.3. The Kier molecular flexibility index (Phi) is 4.76. The van der Waals surface area contributed by atoms with Crippen molar-refractivity contribution in [3.8, 4) is 0 Å². The third-order valence-corrected chi connectivity index (χ3v) is 4.50. The number of amides is 1. The van der Waals surface area contributed by atoms with E-state index < -0.39 is 0 Å². The highest BCUT2D eigenvalue weighted by Gasteiger charge is 2.19. The minimum absolute atomic E-state index is 0.128. The zero-order chi connectivity index (χ0) is 16.2. The van der Waals surface area contributed by atoms with Crippen LogP contribution in [0.4, 0.5) is 17.5 Å². The average molecular weight is 376 g/mol. The van der Waals surface area contributed by atoms with Gasteiger partial charge in [-0.3, -0.25) is 4.79 Å². The van der Waals surface area contributed by atoms with Crippen LogP contribution in [0.1, 0.15) is 6.92 Å². The van der Waals surface area contributed by atoms with E-state index >= 15 is 0 Å². The Labute approximate surface area is 143 Å². The topological polar surface area (TPSA) is 61.4 Å². The van der Waals surface area contributed by atoms with Crippen LogP contribution in [-0.2, 0) is 4.79 Å². The van der Waals surface area contributed by atoms with Crippen molar-refractivity contribution in [2.45, 2.75) is 6.92 Å². The second kappa shape index (κ2) is 6.95. The molecule has 1 saturated heterocycles. The Bertz CT molecular complexity index is 700. The van der Waals surface area contributed by atoms with Crippen LogP contribution < -0.4 is 10.2 Å². The standard InChI is InChI=1S/C16H18BrN5O/c1-12(23)21-8-10-22(11-9-21)15-6-7-18-16(20-15)19-14-5-3-2-4-13(14)17/h2-7H,8-11H2,1H3,(H,18,19,20). The van der Waals surface area contributed by atoms with Gasteiger partial charge in [-0.1, -0.05) is 12.1 Å². The maximum atomic E-state index is 11.4. The lowest BCUT2D eigenvalue weighted by Gasteiger charge is -2.34. The summed E-state index contributed by atoms with van der Waals surface area (Å²) >= 11 is 3.50. The first-order chi connectivity index (χ1) is 11.1. The molecule has 0 radical (unpaired) electrons. The third kappa shape index (κ3) is 3.79. The highest BCUT2D eigenvalue weighted by atomic mass is 79.9. The van der Waals surface area contributed by atoms with Crippen LogP contribution in [0.2, 0.25) is 0 Å². The number of para-hydroxylation sites is 1.